The highest BCUT2D eigenvalue weighted by Crippen LogP contribution is 2.16. The summed E-state index contributed by atoms with van der Waals surface area (Å²) >= 11 is 1.22. The second kappa shape index (κ2) is 3.08. The van der Waals surface area contributed by atoms with E-state index in [1.807, 2.05) is 0 Å². The third-order valence-corrected chi connectivity index (χ3v) is 2.49. The second-order valence-corrected chi connectivity index (χ2v) is 3.80. The van der Waals surface area contributed by atoms with Gasteiger partial charge in [0.15, 0.2) is 0 Å². The zero-order valence-corrected chi connectivity index (χ0v) is 7.73. The Bertz CT molecular complexity index is 245. The summed E-state index contributed by atoms with van der Waals surface area (Å²) in [6.45, 7) is 4.55. The van der Waals surface area contributed by atoms with Gasteiger partial charge in [0.25, 0.3) is 0 Å². The maximum atomic E-state index is 5.65. The highest BCUT2D eigenvalue weighted by atomic mass is 32.1. The Labute approximate surface area is 75.3 Å². The van der Waals surface area contributed by atoms with Crippen LogP contribution < -0.4 is 5.32 Å². The van der Waals surface area contributed by atoms with Gasteiger partial charge in [-0.2, -0.15) is 8.75 Å². The number of hydrogen-bond donors (Lipinski definition) is 1. The topological polar surface area (TPSA) is 47.0 Å². The van der Waals surface area contributed by atoms with E-state index in [4.69, 9.17) is 4.74 Å². The molecule has 0 spiro atoms. The molecule has 0 atom stereocenters. The molecule has 1 aromatic heterocycles. The van der Waals surface area contributed by atoms with E-state index >= 15 is 0 Å². The van der Waals surface area contributed by atoms with Crippen molar-refractivity contribution in [3.05, 3.63) is 11.9 Å². The Morgan fingerprint density at radius 1 is 1.75 bits per heavy atom. The zero-order valence-electron chi connectivity index (χ0n) is 6.91. The van der Waals surface area contributed by atoms with E-state index in [1.165, 1.54) is 11.7 Å². The Morgan fingerprint density at radius 3 is 3.08 bits per heavy atom. The quantitative estimate of drug-likeness (QED) is 0.741. The molecule has 2 rings (SSSR count). The van der Waals surface area contributed by atoms with Crippen LogP contribution in [-0.4, -0.2) is 27.4 Å². The molecular weight excluding hydrogens is 174 g/mol. The fourth-order valence-electron chi connectivity index (χ4n) is 1.07. The van der Waals surface area contributed by atoms with Crippen molar-refractivity contribution in [1.29, 1.82) is 0 Å². The van der Waals surface area contributed by atoms with Crippen molar-refractivity contribution >= 4 is 11.7 Å². The van der Waals surface area contributed by atoms with Crippen LogP contribution in [0.25, 0.3) is 0 Å². The molecule has 5 heteroatoms. The van der Waals surface area contributed by atoms with Crippen LogP contribution in [0.1, 0.15) is 12.6 Å². The first-order valence-electron chi connectivity index (χ1n) is 3.90. The van der Waals surface area contributed by atoms with Crippen LogP contribution >= 0.6 is 11.7 Å². The molecular formula is C7H11N3OS. The average Bonchev–Trinajstić information content (AvgIpc) is 2.49. The molecule has 0 radical (unpaired) electrons. The van der Waals surface area contributed by atoms with Gasteiger partial charge in [-0.15, -0.1) is 0 Å². The number of aromatic nitrogens is 2. The van der Waals surface area contributed by atoms with Crippen LogP contribution in [0.2, 0.25) is 0 Å². The van der Waals surface area contributed by atoms with Gasteiger partial charge in [-0.3, -0.25) is 0 Å². The molecule has 1 fully saturated rings. The summed E-state index contributed by atoms with van der Waals surface area (Å²) in [5.74, 6) is 0. The molecule has 0 aromatic carbocycles. The first-order valence-corrected chi connectivity index (χ1v) is 4.63. The van der Waals surface area contributed by atoms with E-state index in [9.17, 15) is 0 Å². The molecule has 1 aromatic rings. The van der Waals surface area contributed by atoms with Crippen molar-refractivity contribution in [1.82, 2.24) is 14.1 Å². The number of nitrogens with one attached hydrogen (secondary N) is 1. The van der Waals surface area contributed by atoms with Gasteiger partial charge in [-0.1, -0.05) is 0 Å². The normalized spacial score (nSPS) is 20.4. The van der Waals surface area contributed by atoms with Gasteiger partial charge in [0, 0.05) is 13.1 Å². The predicted octanol–water partition coefficient (Wildman–Crippen LogP) is 0.417. The predicted molar refractivity (Wildman–Crippen MR) is 46.0 cm³/mol. The monoisotopic (exact) mass is 185 g/mol. The molecule has 2 heterocycles. The molecule has 12 heavy (non-hydrogen) atoms. The van der Waals surface area contributed by atoms with Gasteiger partial charge >= 0.3 is 0 Å². The standard InChI is InChI=1S/C7H11N3OS/c1-7(4-8-5-7)11-3-6-2-9-12-10-6/h2,8H,3-5H2,1H3. The number of hydrogen-bond acceptors (Lipinski definition) is 5. The van der Waals surface area contributed by atoms with Crippen LogP contribution in [0, 0.1) is 0 Å². The highest BCUT2D eigenvalue weighted by Gasteiger charge is 2.32. The van der Waals surface area contributed by atoms with E-state index in [0.29, 0.717) is 6.61 Å². The van der Waals surface area contributed by atoms with Crippen molar-refractivity contribution < 1.29 is 4.74 Å². The summed E-state index contributed by atoms with van der Waals surface area (Å²) in [6, 6.07) is 0. The fourth-order valence-corrected chi connectivity index (χ4v) is 1.50. The van der Waals surface area contributed by atoms with Crippen molar-refractivity contribution in [3.8, 4) is 0 Å². The SMILES string of the molecule is CC1(OCc2cnsn2)CNC1. The van der Waals surface area contributed by atoms with Crippen LogP contribution in [0.3, 0.4) is 0 Å². The third-order valence-electron chi connectivity index (χ3n) is 1.97. The first-order chi connectivity index (χ1) is 5.79. The Morgan fingerprint density at radius 2 is 2.58 bits per heavy atom. The average molecular weight is 185 g/mol. The fraction of sp³-hybridized carbons (Fsp3) is 0.714. The molecule has 0 bridgehead atoms. The van der Waals surface area contributed by atoms with Crippen molar-refractivity contribution in [2.75, 3.05) is 13.1 Å². The van der Waals surface area contributed by atoms with E-state index in [0.717, 1.165) is 18.8 Å². The van der Waals surface area contributed by atoms with Crippen molar-refractivity contribution in [2.24, 2.45) is 0 Å². The summed E-state index contributed by atoms with van der Waals surface area (Å²) in [6.07, 6.45) is 1.75. The molecule has 0 amide bonds. The van der Waals surface area contributed by atoms with Gasteiger partial charge in [0.05, 0.1) is 35.8 Å². The maximum Gasteiger partial charge on any atom is 0.1000 e. The van der Waals surface area contributed by atoms with Gasteiger partial charge in [-0.05, 0) is 6.92 Å². The number of ether oxygens (including phenoxy) is 1. The van der Waals surface area contributed by atoms with Gasteiger partial charge in [0.1, 0.15) is 0 Å². The van der Waals surface area contributed by atoms with Gasteiger partial charge in [-0.25, -0.2) is 0 Å². The Balaban J connectivity index is 1.82. The molecule has 0 unspecified atom stereocenters. The van der Waals surface area contributed by atoms with Gasteiger partial charge < -0.3 is 10.1 Å². The van der Waals surface area contributed by atoms with E-state index in [2.05, 4.69) is 21.0 Å². The van der Waals surface area contributed by atoms with E-state index < -0.39 is 0 Å². The zero-order chi connectivity index (χ0) is 8.44. The lowest BCUT2D eigenvalue weighted by Gasteiger charge is -2.38. The van der Waals surface area contributed by atoms with Crippen LogP contribution in [0.5, 0.6) is 0 Å². The summed E-state index contributed by atoms with van der Waals surface area (Å²) in [7, 11) is 0. The number of rotatable bonds is 3. The molecule has 66 valence electrons. The van der Waals surface area contributed by atoms with E-state index in [1.54, 1.807) is 6.20 Å². The van der Waals surface area contributed by atoms with Crippen LogP contribution in [0.15, 0.2) is 6.20 Å². The molecule has 1 saturated heterocycles. The lowest BCUT2D eigenvalue weighted by atomic mass is 10.0. The van der Waals surface area contributed by atoms with Crippen molar-refractivity contribution in [3.63, 3.8) is 0 Å². The first kappa shape index (κ1) is 8.10. The van der Waals surface area contributed by atoms with Crippen LogP contribution in [0.4, 0.5) is 0 Å². The minimum atomic E-state index is 0.0175. The third kappa shape index (κ3) is 1.63. The molecule has 4 nitrogen and oxygen atoms in total. The summed E-state index contributed by atoms with van der Waals surface area (Å²) < 4.78 is 13.6. The van der Waals surface area contributed by atoms with Gasteiger partial charge in [0.2, 0.25) is 0 Å². The lowest BCUT2D eigenvalue weighted by Crippen LogP contribution is -2.58. The minimum Gasteiger partial charge on any atom is -0.366 e. The molecule has 1 aliphatic rings. The minimum absolute atomic E-state index is 0.0175. The number of nitrogens with zero attached hydrogens (tertiary/aromatic N) is 2. The summed E-state index contributed by atoms with van der Waals surface area (Å²) in [4.78, 5) is 0. The van der Waals surface area contributed by atoms with Crippen molar-refractivity contribution in [2.45, 2.75) is 19.1 Å². The Hall–Kier alpha value is -0.520. The summed E-state index contributed by atoms with van der Waals surface area (Å²) in [5, 5.41) is 3.17. The highest BCUT2D eigenvalue weighted by molar-refractivity contribution is 6.99. The molecule has 1 N–H and O–H groups in total. The largest absolute Gasteiger partial charge is 0.366 e. The van der Waals surface area contributed by atoms with Crippen LogP contribution in [-0.2, 0) is 11.3 Å². The van der Waals surface area contributed by atoms with E-state index in [-0.39, 0.29) is 5.60 Å². The Kier molecular flexibility index (Phi) is 2.08. The second-order valence-electron chi connectivity index (χ2n) is 3.24. The summed E-state index contributed by atoms with van der Waals surface area (Å²) in [5.41, 5.74) is 0.942. The lowest BCUT2D eigenvalue weighted by molar-refractivity contribution is -0.0776. The molecule has 0 aliphatic carbocycles. The molecule has 1 aliphatic heterocycles. The molecule has 0 saturated carbocycles. The maximum absolute atomic E-state index is 5.65. The smallest absolute Gasteiger partial charge is 0.1000 e.